The number of hydrogen-bond acceptors (Lipinski definition) is 5. The number of benzene rings is 1. The quantitative estimate of drug-likeness (QED) is 0.425. The summed E-state index contributed by atoms with van der Waals surface area (Å²) in [6.07, 6.45) is 0. The van der Waals surface area contributed by atoms with Crippen LogP contribution in [0.2, 0.25) is 0 Å². The number of nitrogens with zero attached hydrogens (tertiary/aromatic N) is 1. The van der Waals surface area contributed by atoms with Gasteiger partial charge >= 0.3 is 0 Å². The molecule has 0 spiro atoms. The zero-order valence-electron chi connectivity index (χ0n) is 8.88. The Balaban J connectivity index is 2.91. The summed E-state index contributed by atoms with van der Waals surface area (Å²) >= 11 is 0. The zero-order valence-corrected chi connectivity index (χ0v) is 9.70. The Hall–Kier alpha value is -1.91. The van der Waals surface area contributed by atoms with Gasteiger partial charge in [0.05, 0.1) is 17.4 Å². The van der Waals surface area contributed by atoms with E-state index in [-0.39, 0.29) is 11.3 Å². The topological polar surface area (TPSA) is 113 Å². The van der Waals surface area contributed by atoms with Crippen LogP contribution in [-0.2, 0) is 20.4 Å². The Labute approximate surface area is 98.9 Å². The zero-order chi connectivity index (χ0) is 12.9. The average Bonchev–Trinajstić information content (AvgIpc) is 2.28. The Morgan fingerprint density at radius 3 is 2.65 bits per heavy atom. The van der Waals surface area contributed by atoms with Crippen LogP contribution in [0.25, 0.3) is 0 Å². The van der Waals surface area contributed by atoms with Crippen molar-refractivity contribution in [3.63, 3.8) is 0 Å². The van der Waals surface area contributed by atoms with E-state index >= 15 is 0 Å². The number of amides is 1. The number of hydrogen-bond donors (Lipinski definition) is 2. The molecule has 0 saturated carbocycles. The lowest BCUT2D eigenvalue weighted by molar-refractivity contribution is -0.118. The minimum absolute atomic E-state index is 0.282. The maximum absolute atomic E-state index is 11.6. The van der Waals surface area contributed by atoms with Gasteiger partial charge in [0.1, 0.15) is 5.75 Å². The van der Waals surface area contributed by atoms with Gasteiger partial charge in [0, 0.05) is 0 Å². The van der Waals surface area contributed by atoms with Crippen LogP contribution in [0.1, 0.15) is 11.1 Å². The first-order valence-corrected chi connectivity index (χ1v) is 6.48. The van der Waals surface area contributed by atoms with E-state index < -0.39 is 21.5 Å². The van der Waals surface area contributed by atoms with E-state index in [1.54, 1.807) is 17.6 Å². The fraction of sp³-hybridized carbons (Fsp3) is 0.200. The predicted molar refractivity (Wildman–Crippen MR) is 61.0 cm³/mol. The molecule has 0 heterocycles. The van der Waals surface area contributed by atoms with Crippen LogP contribution in [0, 0.1) is 11.3 Å². The molecule has 0 aliphatic heterocycles. The van der Waals surface area contributed by atoms with E-state index in [4.69, 9.17) is 11.1 Å². The maximum Gasteiger partial charge on any atom is 0.249 e. The maximum atomic E-state index is 11.6. The summed E-state index contributed by atoms with van der Waals surface area (Å²) in [7, 11) is -3.62. The van der Waals surface area contributed by atoms with Crippen molar-refractivity contribution in [2.45, 2.75) is 5.75 Å². The van der Waals surface area contributed by atoms with Crippen LogP contribution in [0.4, 0.5) is 0 Å². The molecule has 3 N–H and O–H groups in total. The van der Waals surface area contributed by atoms with Gasteiger partial charge in [-0.15, -0.1) is 0 Å². The third-order valence-electron chi connectivity index (χ3n) is 2.03. The van der Waals surface area contributed by atoms with E-state index in [1.807, 2.05) is 6.07 Å². The summed E-state index contributed by atoms with van der Waals surface area (Å²) in [5.41, 5.74) is 2.41. The molecule has 1 aromatic carbocycles. The van der Waals surface area contributed by atoms with Crippen LogP contribution in [0.15, 0.2) is 24.3 Å². The molecule has 6 nitrogen and oxygen atoms in total. The first-order valence-electron chi connectivity index (χ1n) is 4.66. The van der Waals surface area contributed by atoms with Crippen LogP contribution >= 0.6 is 0 Å². The van der Waals surface area contributed by atoms with E-state index in [2.05, 4.69) is 0 Å². The van der Waals surface area contributed by atoms with Crippen molar-refractivity contribution in [2.75, 3.05) is 5.75 Å². The summed E-state index contributed by atoms with van der Waals surface area (Å²) in [5.74, 6) is 2.99. The largest absolute Gasteiger partial charge is 0.293 e. The second-order valence-electron chi connectivity index (χ2n) is 3.37. The van der Waals surface area contributed by atoms with Gasteiger partial charge in [-0.2, -0.15) is 5.26 Å². The second-order valence-corrected chi connectivity index (χ2v) is 5.43. The van der Waals surface area contributed by atoms with Gasteiger partial charge < -0.3 is 0 Å². The van der Waals surface area contributed by atoms with Gasteiger partial charge in [-0.3, -0.25) is 10.2 Å². The normalized spacial score (nSPS) is 10.6. The Morgan fingerprint density at radius 2 is 2.06 bits per heavy atom. The summed E-state index contributed by atoms with van der Waals surface area (Å²) in [6.45, 7) is 0. The summed E-state index contributed by atoms with van der Waals surface area (Å²) in [4.78, 5) is 10.9. The monoisotopic (exact) mass is 253 g/mol. The molecule has 0 saturated heterocycles. The highest BCUT2D eigenvalue weighted by Crippen LogP contribution is 2.11. The number of hydrazine groups is 1. The Kier molecular flexibility index (Phi) is 4.20. The molecule has 17 heavy (non-hydrogen) atoms. The van der Waals surface area contributed by atoms with E-state index in [1.165, 1.54) is 12.1 Å². The number of rotatable bonds is 4. The van der Waals surface area contributed by atoms with Crippen molar-refractivity contribution in [3.05, 3.63) is 35.4 Å². The molecule has 1 amide bonds. The van der Waals surface area contributed by atoms with Gasteiger partial charge in [-0.05, 0) is 11.6 Å². The van der Waals surface area contributed by atoms with Gasteiger partial charge in [0.25, 0.3) is 0 Å². The number of nitriles is 1. The van der Waals surface area contributed by atoms with E-state index in [9.17, 15) is 13.2 Å². The molecule has 1 aromatic rings. The fourth-order valence-corrected chi connectivity index (χ4v) is 2.60. The van der Waals surface area contributed by atoms with E-state index in [0.717, 1.165) is 0 Å². The molecule has 90 valence electrons. The lowest BCUT2D eigenvalue weighted by Gasteiger charge is -2.05. The molecule has 0 atom stereocenters. The van der Waals surface area contributed by atoms with Crippen molar-refractivity contribution in [1.29, 1.82) is 5.26 Å². The number of carbonyl (C=O) groups is 1. The highest BCUT2D eigenvalue weighted by Gasteiger charge is 2.18. The molecule has 0 aromatic heterocycles. The number of sulfone groups is 1. The smallest absolute Gasteiger partial charge is 0.249 e. The van der Waals surface area contributed by atoms with Gasteiger partial charge in [0.15, 0.2) is 9.84 Å². The fourth-order valence-electron chi connectivity index (χ4n) is 1.28. The van der Waals surface area contributed by atoms with Crippen molar-refractivity contribution in [3.8, 4) is 6.07 Å². The van der Waals surface area contributed by atoms with Crippen molar-refractivity contribution in [2.24, 2.45) is 5.84 Å². The Bertz CT molecular complexity index is 560. The molecule has 0 fully saturated rings. The van der Waals surface area contributed by atoms with Crippen molar-refractivity contribution in [1.82, 2.24) is 5.43 Å². The first kappa shape index (κ1) is 13.2. The number of nitrogens with two attached hydrogens (primary N) is 1. The second kappa shape index (κ2) is 5.43. The molecule has 1 rings (SSSR count). The van der Waals surface area contributed by atoms with Crippen molar-refractivity contribution >= 4 is 15.7 Å². The third kappa shape index (κ3) is 3.86. The lowest BCUT2D eigenvalue weighted by Crippen LogP contribution is -2.35. The summed E-state index contributed by atoms with van der Waals surface area (Å²) in [5, 5.41) is 8.80. The van der Waals surface area contributed by atoms with Gasteiger partial charge in [0.2, 0.25) is 5.91 Å². The highest BCUT2D eigenvalue weighted by atomic mass is 32.2. The highest BCUT2D eigenvalue weighted by molar-refractivity contribution is 7.91. The Morgan fingerprint density at radius 1 is 1.41 bits per heavy atom. The summed E-state index contributed by atoms with van der Waals surface area (Å²) in [6, 6.07) is 8.23. The van der Waals surface area contributed by atoms with Crippen molar-refractivity contribution < 1.29 is 13.2 Å². The molecule has 7 heteroatoms. The lowest BCUT2D eigenvalue weighted by atomic mass is 10.1. The third-order valence-corrected chi connectivity index (χ3v) is 3.48. The minimum Gasteiger partial charge on any atom is -0.293 e. The molecule has 0 aliphatic rings. The number of carbonyl (C=O) groups excluding carboxylic acids is 1. The molecule has 0 unspecified atom stereocenters. The number of nitrogens with one attached hydrogen (secondary N) is 1. The standard InChI is InChI=1S/C10H11N3O3S/c11-5-8-3-1-2-4-9(8)6-17(15,16)7-10(14)13-12/h1-4H,6-7,12H2,(H,13,14). The molecule has 0 radical (unpaired) electrons. The molecule has 0 aliphatic carbocycles. The van der Waals surface area contributed by atoms with Crippen LogP contribution in [0.5, 0.6) is 0 Å². The predicted octanol–water partition coefficient (Wildman–Crippen LogP) is -0.537. The van der Waals surface area contributed by atoms with Crippen LogP contribution < -0.4 is 11.3 Å². The van der Waals surface area contributed by atoms with Gasteiger partial charge in [-0.1, -0.05) is 18.2 Å². The van der Waals surface area contributed by atoms with Crippen LogP contribution in [0.3, 0.4) is 0 Å². The molecular formula is C10H11N3O3S. The average molecular weight is 253 g/mol. The van der Waals surface area contributed by atoms with Gasteiger partial charge in [-0.25, -0.2) is 14.3 Å². The van der Waals surface area contributed by atoms with Crippen LogP contribution in [-0.4, -0.2) is 20.1 Å². The molecule has 0 bridgehead atoms. The molecular weight excluding hydrogens is 242 g/mol. The van der Waals surface area contributed by atoms with E-state index in [0.29, 0.717) is 5.56 Å². The summed E-state index contributed by atoms with van der Waals surface area (Å²) < 4.78 is 23.2. The first-order chi connectivity index (χ1) is 7.98. The minimum atomic E-state index is -3.62. The SMILES string of the molecule is N#Cc1ccccc1CS(=O)(=O)CC(=O)NN.